The molecule has 0 amide bonds. The van der Waals surface area contributed by atoms with Crippen LogP contribution in [0.4, 0.5) is 11.5 Å². The van der Waals surface area contributed by atoms with E-state index >= 15 is 0 Å². The molecule has 0 atom stereocenters. The van der Waals surface area contributed by atoms with Crippen LogP contribution >= 0.6 is 11.8 Å². The highest BCUT2D eigenvalue weighted by atomic mass is 32.2. The lowest BCUT2D eigenvalue weighted by molar-refractivity contribution is -0.131. The maximum absolute atomic E-state index is 10.8. The Morgan fingerprint density at radius 2 is 2.08 bits per heavy atom. The van der Waals surface area contributed by atoms with Crippen LogP contribution in [0.2, 0.25) is 0 Å². The molecule has 0 unspecified atom stereocenters. The Morgan fingerprint density at radius 3 is 2.88 bits per heavy atom. The summed E-state index contributed by atoms with van der Waals surface area (Å²) in [6, 6.07) is 6.44. The molecule has 0 aliphatic carbocycles. The van der Waals surface area contributed by atoms with E-state index in [9.17, 15) is 4.79 Å². The molecule has 2 aliphatic heterocycles. The first-order valence-corrected chi connectivity index (χ1v) is 9.02. The molecule has 0 saturated carbocycles. The molecule has 2 aromatic rings. The van der Waals surface area contributed by atoms with Crippen molar-refractivity contribution in [2.24, 2.45) is 0 Å². The predicted molar refractivity (Wildman–Crippen MR) is 96.1 cm³/mol. The Labute approximate surface area is 150 Å². The molecule has 1 fully saturated rings. The van der Waals surface area contributed by atoms with Crippen molar-refractivity contribution in [3.8, 4) is 0 Å². The van der Waals surface area contributed by atoms with E-state index < -0.39 is 5.97 Å². The van der Waals surface area contributed by atoms with Crippen molar-refractivity contribution in [1.82, 2.24) is 14.9 Å². The number of aliphatic carboxylic acids is 1. The van der Waals surface area contributed by atoms with Crippen LogP contribution < -0.4 is 5.32 Å². The Morgan fingerprint density at radius 1 is 1.28 bits per heavy atom. The van der Waals surface area contributed by atoms with E-state index in [1.807, 2.05) is 0 Å². The molecule has 3 heterocycles. The lowest BCUT2D eigenvalue weighted by Gasteiger charge is -2.28. The minimum atomic E-state index is -0.843. The minimum absolute atomic E-state index is 0.804. The molecule has 7 heteroatoms. The van der Waals surface area contributed by atoms with Gasteiger partial charge in [-0.15, -0.1) is 0 Å². The van der Waals surface area contributed by atoms with E-state index in [-0.39, 0.29) is 0 Å². The fourth-order valence-corrected chi connectivity index (χ4v) is 4.03. The number of piperidine rings is 1. The first kappa shape index (κ1) is 16.1. The Balaban J connectivity index is 1.43. The third-order valence-corrected chi connectivity index (χ3v) is 5.47. The van der Waals surface area contributed by atoms with Gasteiger partial charge in [0, 0.05) is 43.0 Å². The highest BCUT2D eigenvalue weighted by Gasteiger charge is 2.19. The standard InChI is InChI=1S/C18H18N4O2S/c23-16(24)10-12-3-7-22(8-4-12)11-13-1-2-15-14(9-13)21-17-18(25-15)20-6-5-19-17/h1-2,5-6,9-10H,3-4,7-8,11H2,(H,19,21)(H,23,24). The zero-order valence-corrected chi connectivity index (χ0v) is 14.4. The molecule has 0 radical (unpaired) electrons. The van der Waals surface area contributed by atoms with Gasteiger partial charge in [0.15, 0.2) is 5.82 Å². The summed E-state index contributed by atoms with van der Waals surface area (Å²) in [4.78, 5) is 23.0. The van der Waals surface area contributed by atoms with Gasteiger partial charge in [0.05, 0.1) is 5.69 Å². The Bertz CT molecular complexity index is 843. The molecule has 0 bridgehead atoms. The second-order valence-corrected chi connectivity index (χ2v) is 7.22. The van der Waals surface area contributed by atoms with Gasteiger partial charge >= 0.3 is 5.97 Å². The number of nitrogens with zero attached hydrogens (tertiary/aromatic N) is 3. The topological polar surface area (TPSA) is 78.4 Å². The third-order valence-electron chi connectivity index (χ3n) is 4.40. The normalized spacial score (nSPS) is 16.6. The first-order valence-electron chi connectivity index (χ1n) is 8.21. The predicted octanol–water partition coefficient (Wildman–Crippen LogP) is 3.29. The molecule has 6 nitrogen and oxygen atoms in total. The van der Waals surface area contributed by atoms with E-state index in [0.717, 1.165) is 59.5 Å². The molecular formula is C18H18N4O2S. The van der Waals surface area contributed by atoms with Crippen LogP contribution in [0.15, 0.2) is 52.2 Å². The minimum Gasteiger partial charge on any atom is -0.478 e. The quantitative estimate of drug-likeness (QED) is 0.699. The van der Waals surface area contributed by atoms with E-state index in [4.69, 9.17) is 5.11 Å². The summed E-state index contributed by atoms with van der Waals surface area (Å²) in [7, 11) is 0. The van der Waals surface area contributed by atoms with Crippen molar-refractivity contribution in [2.45, 2.75) is 29.3 Å². The molecule has 2 aliphatic rings. The lowest BCUT2D eigenvalue weighted by atomic mass is 10.0. The van der Waals surface area contributed by atoms with E-state index in [1.54, 1.807) is 24.2 Å². The van der Waals surface area contributed by atoms with Gasteiger partial charge in [0.2, 0.25) is 0 Å². The second kappa shape index (κ2) is 6.85. The number of nitrogens with one attached hydrogen (secondary N) is 1. The molecule has 1 aromatic carbocycles. The number of anilines is 2. The van der Waals surface area contributed by atoms with Gasteiger partial charge < -0.3 is 10.4 Å². The zero-order chi connectivity index (χ0) is 17.2. The number of benzene rings is 1. The molecule has 1 saturated heterocycles. The Hall–Kier alpha value is -2.38. The van der Waals surface area contributed by atoms with Gasteiger partial charge in [-0.2, -0.15) is 0 Å². The van der Waals surface area contributed by atoms with Crippen molar-refractivity contribution >= 4 is 29.2 Å². The van der Waals surface area contributed by atoms with E-state index in [1.165, 1.54) is 11.6 Å². The van der Waals surface area contributed by atoms with Crippen molar-refractivity contribution in [3.63, 3.8) is 0 Å². The van der Waals surface area contributed by atoms with Crippen molar-refractivity contribution in [2.75, 3.05) is 18.4 Å². The van der Waals surface area contributed by atoms with Gasteiger partial charge in [-0.1, -0.05) is 23.4 Å². The molecule has 25 heavy (non-hydrogen) atoms. The monoisotopic (exact) mass is 354 g/mol. The van der Waals surface area contributed by atoms with Crippen molar-refractivity contribution < 1.29 is 9.90 Å². The van der Waals surface area contributed by atoms with E-state index in [2.05, 4.69) is 38.4 Å². The van der Waals surface area contributed by atoms with Crippen LogP contribution in [0.5, 0.6) is 0 Å². The fraction of sp³-hybridized carbons (Fsp3) is 0.278. The van der Waals surface area contributed by atoms with E-state index in [0.29, 0.717) is 0 Å². The molecule has 0 spiro atoms. The number of hydrogen-bond acceptors (Lipinski definition) is 6. The van der Waals surface area contributed by atoms with Crippen LogP contribution in [0.25, 0.3) is 0 Å². The summed E-state index contributed by atoms with van der Waals surface area (Å²) in [5.41, 5.74) is 3.34. The number of aromatic nitrogens is 2. The number of fused-ring (bicyclic) bond motifs is 2. The maximum atomic E-state index is 10.8. The highest BCUT2D eigenvalue weighted by Crippen LogP contribution is 2.42. The molecular weight excluding hydrogens is 336 g/mol. The van der Waals surface area contributed by atoms with Gasteiger partial charge in [0.25, 0.3) is 0 Å². The molecule has 128 valence electrons. The zero-order valence-electron chi connectivity index (χ0n) is 13.6. The number of likely N-dealkylation sites (tertiary alicyclic amines) is 1. The van der Waals surface area contributed by atoms with Crippen LogP contribution in [-0.4, -0.2) is 39.0 Å². The number of carboxylic acids is 1. The van der Waals surface area contributed by atoms with Crippen LogP contribution in [-0.2, 0) is 11.3 Å². The fourth-order valence-electron chi connectivity index (χ4n) is 3.16. The summed E-state index contributed by atoms with van der Waals surface area (Å²) in [5, 5.41) is 13.1. The smallest absolute Gasteiger partial charge is 0.328 e. The number of rotatable bonds is 3. The SMILES string of the molecule is O=C(O)C=C1CCN(Cc2ccc3c(c2)Nc2nccnc2S3)CC1. The maximum Gasteiger partial charge on any atom is 0.328 e. The van der Waals surface area contributed by atoms with Crippen molar-refractivity contribution in [3.05, 3.63) is 47.8 Å². The number of carbonyl (C=O) groups is 1. The summed E-state index contributed by atoms with van der Waals surface area (Å²) in [5.74, 6) is -0.0383. The van der Waals surface area contributed by atoms with Gasteiger partial charge in [-0.05, 0) is 30.5 Å². The third kappa shape index (κ3) is 3.67. The summed E-state index contributed by atoms with van der Waals surface area (Å²) < 4.78 is 0. The van der Waals surface area contributed by atoms with Gasteiger partial charge in [-0.25, -0.2) is 14.8 Å². The molecule has 1 aromatic heterocycles. The van der Waals surface area contributed by atoms with Gasteiger partial charge in [-0.3, -0.25) is 4.90 Å². The van der Waals surface area contributed by atoms with Crippen molar-refractivity contribution in [1.29, 1.82) is 0 Å². The number of carboxylic acid groups (broad SMARTS) is 1. The van der Waals surface area contributed by atoms with Crippen LogP contribution in [0.3, 0.4) is 0 Å². The average Bonchev–Trinajstić information content (AvgIpc) is 2.61. The average molecular weight is 354 g/mol. The summed E-state index contributed by atoms with van der Waals surface area (Å²) >= 11 is 1.63. The summed E-state index contributed by atoms with van der Waals surface area (Å²) in [6.45, 7) is 2.66. The first-order chi connectivity index (χ1) is 12.2. The highest BCUT2D eigenvalue weighted by molar-refractivity contribution is 7.99. The largest absolute Gasteiger partial charge is 0.478 e. The van der Waals surface area contributed by atoms with Crippen LogP contribution in [0.1, 0.15) is 18.4 Å². The number of hydrogen-bond donors (Lipinski definition) is 2. The van der Waals surface area contributed by atoms with Gasteiger partial charge in [0.1, 0.15) is 5.03 Å². The second-order valence-electron chi connectivity index (χ2n) is 6.18. The molecule has 2 N–H and O–H groups in total. The van der Waals surface area contributed by atoms with Crippen LogP contribution in [0, 0.1) is 0 Å². The Kier molecular flexibility index (Phi) is 4.42. The summed E-state index contributed by atoms with van der Waals surface area (Å²) in [6.07, 6.45) is 6.41. The lowest BCUT2D eigenvalue weighted by Crippen LogP contribution is -2.30. The molecule has 4 rings (SSSR count).